The van der Waals surface area contributed by atoms with Crippen LogP contribution in [0.2, 0.25) is 0 Å². The molecule has 3 rings (SSSR count). The van der Waals surface area contributed by atoms with Gasteiger partial charge in [0.05, 0.1) is 0 Å². The largest absolute Gasteiger partial charge is 1.00 e. The van der Waals surface area contributed by atoms with E-state index in [1.807, 2.05) is 23.1 Å². The van der Waals surface area contributed by atoms with Crippen LogP contribution < -0.4 is 28.5 Å². The van der Waals surface area contributed by atoms with Crippen molar-refractivity contribution in [1.29, 1.82) is 0 Å². The van der Waals surface area contributed by atoms with Crippen molar-refractivity contribution >= 4 is 33.3 Å². The number of aromatic nitrogens is 1. The van der Waals surface area contributed by atoms with Crippen molar-refractivity contribution in [3.05, 3.63) is 24.3 Å². The summed E-state index contributed by atoms with van der Waals surface area (Å²) in [5.41, 5.74) is 1.41. The third-order valence-electron chi connectivity index (χ3n) is 2.33. The van der Waals surface area contributed by atoms with Crippen LogP contribution in [0.25, 0.3) is 10.2 Å². The molecular formula is C10H10INS2. The minimum atomic E-state index is 0. The van der Waals surface area contributed by atoms with E-state index in [-0.39, 0.29) is 24.0 Å². The molecule has 0 saturated carbocycles. The molecular weight excluding hydrogens is 325 g/mol. The Hall–Kier alpha value is 0.190. The molecule has 1 nitrogen and oxygen atoms in total. The second-order valence-corrected chi connectivity index (χ2v) is 5.56. The molecule has 0 spiro atoms. The molecule has 0 aliphatic carbocycles. The fourth-order valence-corrected chi connectivity index (χ4v) is 4.18. The lowest BCUT2D eigenvalue weighted by Gasteiger charge is -2.03. The van der Waals surface area contributed by atoms with Gasteiger partial charge in [-0.05, 0) is 17.8 Å². The summed E-state index contributed by atoms with van der Waals surface area (Å²) in [6, 6.07) is 8.68. The van der Waals surface area contributed by atoms with E-state index in [2.05, 4.69) is 28.8 Å². The van der Waals surface area contributed by atoms with Crippen molar-refractivity contribution in [3.8, 4) is 0 Å². The molecule has 0 unspecified atom stereocenters. The summed E-state index contributed by atoms with van der Waals surface area (Å²) in [7, 11) is 0. The van der Waals surface area contributed by atoms with Crippen molar-refractivity contribution in [2.24, 2.45) is 0 Å². The summed E-state index contributed by atoms with van der Waals surface area (Å²) in [5.74, 6) is 1.28. The maximum Gasteiger partial charge on any atom is 0.298 e. The topological polar surface area (TPSA) is 3.88 Å². The first-order chi connectivity index (χ1) is 6.45. The first-order valence-corrected chi connectivity index (χ1v) is 6.29. The summed E-state index contributed by atoms with van der Waals surface area (Å²) in [6.07, 6.45) is 1.31. The SMILES string of the molecule is [I-].c1ccc2c(c1)sc1[n+]2CCCS1. The number of thioether (sulfide) groups is 1. The van der Waals surface area contributed by atoms with Crippen LogP contribution in [0.15, 0.2) is 28.6 Å². The average molecular weight is 335 g/mol. The lowest BCUT2D eigenvalue weighted by molar-refractivity contribution is -0.703. The molecule has 1 aliphatic heterocycles. The van der Waals surface area contributed by atoms with Gasteiger partial charge in [0, 0.05) is 18.2 Å². The van der Waals surface area contributed by atoms with E-state index in [1.165, 1.54) is 33.3 Å². The molecule has 0 bridgehead atoms. The Morgan fingerprint density at radius 3 is 3.00 bits per heavy atom. The second-order valence-electron chi connectivity index (χ2n) is 3.19. The molecule has 0 saturated heterocycles. The molecule has 4 heteroatoms. The molecule has 14 heavy (non-hydrogen) atoms. The first kappa shape index (κ1) is 10.7. The number of hydrogen-bond acceptors (Lipinski definition) is 2. The fourth-order valence-electron chi connectivity index (χ4n) is 1.72. The highest BCUT2D eigenvalue weighted by Gasteiger charge is 2.23. The summed E-state index contributed by atoms with van der Waals surface area (Å²) in [5, 5.41) is 0. The molecule has 1 aliphatic rings. The average Bonchev–Trinajstić information content (AvgIpc) is 2.56. The van der Waals surface area contributed by atoms with Crippen LogP contribution in [0.1, 0.15) is 6.42 Å². The van der Waals surface area contributed by atoms with E-state index < -0.39 is 0 Å². The van der Waals surface area contributed by atoms with E-state index in [0.717, 1.165) is 0 Å². The molecule has 0 amide bonds. The van der Waals surface area contributed by atoms with Crippen molar-refractivity contribution in [2.75, 3.05) is 5.75 Å². The Kier molecular flexibility index (Phi) is 3.34. The lowest BCUT2D eigenvalue weighted by Crippen LogP contribution is -3.00. The molecule has 0 fully saturated rings. The van der Waals surface area contributed by atoms with Crippen molar-refractivity contribution < 1.29 is 28.5 Å². The van der Waals surface area contributed by atoms with E-state index in [9.17, 15) is 0 Å². The highest BCUT2D eigenvalue weighted by Crippen LogP contribution is 2.30. The van der Waals surface area contributed by atoms with Gasteiger partial charge in [0.25, 0.3) is 4.34 Å². The van der Waals surface area contributed by atoms with Crippen molar-refractivity contribution in [3.63, 3.8) is 0 Å². The maximum atomic E-state index is 2.45. The maximum absolute atomic E-state index is 2.45. The van der Waals surface area contributed by atoms with Crippen LogP contribution >= 0.6 is 23.1 Å². The van der Waals surface area contributed by atoms with Gasteiger partial charge in [-0.25, -0.2) is 0 Å². The number of thiazole rings is 1. The number of hydrogen-bond donors (Lipinski definition) is 0. The fraction of sp³-hybridized carbons (Fsp3) is 0.300. The summed E-state index contributed by atoms with van der Waals surface area (Å²) >= 11 is 3.92. The van der Waals surface area contributed by atoms with Crippen molar-refractivity contribution in [1.82, 2.24) is 0 Å². The van der Waals surface area contributed by atoms with Gasteiger partial charge in [0.1, 0.15) is 4.70 Å². The van der Waals surface area contributed by atoms with Gasteiger partial charge in [0.2, 0.25) is 5.52 Å². The Morgan fingerprint density at radius 1 is 1.21 bits per heavy atom. The third-order valence-corrected chi connectivity index (χ3v) is 4.85. The predicted molar refractivity (Wildman–Crippen MR) is 57.4 cm³/mol. The minimum absolute atomic E-state index is 0. The Bertz CT molecular complexity index is 452. The lowest BCUT2D eigenvalue weighted by atomic mass is 10.3. The minimum Gasteiger partial charge on any atom is -1.00 e. The quantitative estimate of drug-likeness (QED) is 0.472. The number of rotatable bonds is 0. The van der Waals surface area contributed by atoms with Crippen molar-refractivity contribution in [2.45, 2.75) is 17.3 Å². The summed E-state index contributed by atoms with van der Waals surface area (Å²) in [4.78, 5) is 0. The third kappa shape index (κ3) is 1.67. The molecule has 1 aromatic carbocycles. The first-order valence-electron chi connectivity index (χ1n) is 4.49. The van der Waals surface area contributed by atoms with Crippen LogP contribution in [0.3, 0.4) is 0 Å². The smallest absolute Gasteiger partial charge is 0.298 e. The molecule has 0 radical (unpaired) electrons. The van der Waals surface area contributed by atoms with Gasteiger partial charge in [-0.2, -0.15) is 4.57 Å². The Morgan fingerprint density at radius 2 is 2.07 bits per heavy atom. The zero-order chi connectivity index (χ0) is 8.67. The van der Waals surface area contributed by atoms with Crippen LogP contribution in [-0.2, 0) is 6.54 Å². The van der Waals surface area contributed by atoms with E-state index in [1.54, 1.807) is 0 Å². The summed E-state index contributed by atoms with van der Waals surface area (Å²) < 4.78 is 5.35. The zero-order valence-electron chi connectivity index (χ0n) is 7.57. The van der Waals surface area contributed by atoms with Gasteiger partial charge in [-0.15, -0.1) is 0 Å². The number of para-hydroxylation sites is 1. The normalized spacial score (nSPS) is 14.9. The predicted octanol–water partition coefficient (Wildman–Crippen LogP) is -0.311. The van der Waals surface area contributed by atoms with Crippen LogP contribution in [0.4, 0.5) is 0 Å². The monoisotopic (exact) mass is 335 g/mol. The van der Waals surface area contributed by atoms with Crippen LogP contribution in [0, 0.1) is 0 Å². The highest BCUT2D eigenvalue weighted by atomic mass is 127. The molecule has 0 atom stereocenters. The number of aryl methyl sites for hydroxylation is 1. The second kappa shape index (κ2) is 4.37. The zero-order valence-corrected chi connectivity index (χ0v) is 11.4. The Labute approximate surface area is 109 Å². The van der Waals surface area contributed by atoms with Gasteiger partial charge in [0.15, 0.2) is 6.54 Å². The number of nitrogens with zero attached hydrogens (tertiary/aromatic N) is 1. The van der Waals surface area contributed by atoms with Crippen LogP contribution in [-0.4, -0.2) is 5.75 Å². The van der Waals surface area contributed by atoms with Crippen LogP contribution in [0.5, 0.6) is 0 Å². The number of benzene rings is 1. The standard InChI is InChI=1S/C10H10NS2.HI/c1-2-5-9-8(4-1)11-6-3-7-12-10(11)13-9;/h1-2,4-5H,3,6-7H2;1H/q+1;/p-1. The molecule has 1 aromatic heterocycles. The molecule has 0 N–H and O–H groups in total. The Balaban J connectivity index is 0.000000750. The van der Waals surface area contributed by atoms with Gasteiger partial charge >= 0.3 is 0 Å². The van der Waals surface area contributed by atoms with E-state index >= 15 is 0 Å². The van der Waals surface area contributed by atoms with E-state index in [0.29, 0.717) is 0 Å². The molecule has 74 valence electrons. The van der Waals surface area contributed by atoms with Gasteiger partial charge in [-0.3, -0.25) is 0 Å². The number of halogens is 1. The highest BCUT2D eigenvalue weighted by molar-refractivity contribution is 8.01. The molecule has 2 heterocycles. The number of fused-ring (bicyclic) bond motifs is 3. The van der Waals surface area contributed by atoms with Gasteiger partial charge in [-0.1, -0.05) is 23.5 Å². The van der Waals surface area contributed by atoms with Gasteiger partial charge < -0.3 is 24.0 Å². The summed E-state index contributed by atoms with van der Waals surface area (Å²) in [6.45, 7) is 1.20. The van der Waals surface area contributed by atoms with E-state index in [4.69, 9.17) is 0 Å². The molecule has 2 aromatic rings.